The van der Waals surface area contributed by atoms with Crippen molar-refractivity contribution in [2.75, 3.05) is 0 Å². The number of rotatable bonds is 3. The standard InChI is InChI=1S/C16H11N3O3/c20-15-9-8-11-4-1-2-7-14(11)16(15)18-17-12-5-3-6-13(10-12)19(21)22/h1-10,20H. The molecule has 0 spiro atoms. The average molecular weight is 293 g/mol. The molecule has 0 fully saturated rings. The quantitative estimate of drug-likeness (QED) is 0.424. The van der Waals surface area contributed by atoms with Crippen molar-refractivity contribution < 1.29 is 10.0 Å². The smallest absolute Gasteiger partial charge is 0.271 e. The van der Waals surface area contributed by atoms with Crippen molar-refractivity contribution in [1.29, 1.82) is 0 Å². The van der Waals surface area contributed by atoms with Gasteiger partial charge in [0.05, 0.1) is 10.6 Å². The number of nitro benzene ring substituents is 1. The number of azo groups is 1. The normalized spacial score (nSPS) is 11.1. The molecule has 108 valence electrons. The predicted octanol–water partition coefficient (Wildman–Crippen LogP) is 4.87. The van der Waals surface area contributed by atoms with Crippen LogP contribution in [0.1, 0.15) is 0 Å². The molecular weight excluding hydrogens is 282 g/mol. The van der Waals surface area contributed by atoms with E-state index in [4.69, 9.17) is 0 Å². The molecule has 0 heterocycles. The van der Waals surface area contributed by atoms with Gasteiger partial charge in [-0.25, -0.2) is 0 Å². The van der Waals surface area contributed by atoms with Crippen LogP contribution in [-0.4, -0.2) is 10.0 Å². The monoisotopic (exact) mass is 293 g/mol. The number of phenols is 1. The van der Waals surface area contributed by atoms with Crippen LogP contribution in [0.3, 0.4) is 0 Å². The maximum atomic E-state index is 10.7. The van der Waals surface area contributed by atoms with E-state index in [1.54, 1.807) is 18.2 Å². The van der Waals surface area contributed by atoms with E-state index in [9.17, 15) is 15.2 Å². The minimum atomic E-state index is -0.492. The molecule has 3 rings (SSSR count). The molecule has 6 nitrogen and oxygen atoms in total. The number of hydrogen-bond donors (Lipinski definition) is 1. The number of phenolic OH excluding ortho intramolecular Hbond substituents is 1. The molecule has 0 saturated heterocycles. The van der Waals surface area contributed by atoms with Crippen LogP contribution in [0.2, 0.25) is 0 Å². The first-order valence-corrected chi connectivity index (χ1v) is 6.52. The first-order valence-electron chi connectivity index (χ1n) is 6.52. The zero-order valence-electron chi connectivity index (χ0n) is 11.4. The number of nitro groups is 1. The Bertz CT molecular complexity index is 891. The Morgan fingerprint density at radius 3 is 2.59 bits per heavy atom. The fourth-order valence-corrected chi connectivity index (χ4v) is 2.13. The lowest BCUT2D eigenvalue weighted by Gasteiger charge is -2.03. The van der Waals surface area contributed by atoms with E-state index in [-0.39, 0.29) is 11.4 Å². The predicted molar refractivity (Wildman–Crippen MR) is 82.9 cm³/mol. The van der Waals surface area contributed by atoms with Gasteiger partial charge in [-0.15, -0.1) is 5.11 Å². The van der Waals surface area contributed by atoms with Crippen LogP contribution < -0.4 is 0 Å². The van der Waals surface area contributed by atoms with Crippen molar-refractivity contribution in [3.05, 3.63) is 70.8 Å². The topological polar surface area (TPSA) is 88.1 Å². The van der Waals surface area contributed by atoms with Crippen LogP contribution in [0, 0.1) is 10.1 Å². The number of fused-ring (bicyclic) bond motifs is 1. The molecular formula is C16H11N3O3. The molecule has 0 aliphatic carbocycles. The number of aromatic hydroxyl groups is 1. The van der Waals surface area contributed by atoms with Gasteiger partial charge in [0.15, 0.2) is 0 Å². The van der Waals surface area contributed by atoms with Crippen molar-refractivity contribution in [3.8, 4) is 5.75 Å². The van der Waals surface area contributed by atoms with Crippen LogP contribution in [0.25, 0.3) is 10.8 Å². The Labute approximate surface area is 125 Å². The molecule has 0 radical (unpaired) electrons. The highest BCUT2D eigenvalue weighted by Gasteiger charge is 2.07. The molecule has 6 heteroatoms. The second-order valence-corrected chi connectivity index (χ2v) is 4.63. The zero-order chi connectivity index (χ0) is 15.5. The van der Waals surface area contributed by atoms with Gasteiger partial charge in [0.2, 0.25) is 0 Å². The third-order valence-electron chi connectivity index (χ3n) is 3.19. The lowest BCUT2D eigenvalue weighted by atomic mass is 10.1. The van der Waals surface area contributed by atoms with Gasteiger partial charge in [-0.1, -0.05) is 36.4 Å². The highest BCUT2D eigenvalue weighted by molar-refractivity contribution is 5.95. The summed E-state index contributed by atoms with van der Waals surface area (Å²) in [5, 5.41) is 30.5. The van der Waals surface area contributed by atoms with Gasteiger partial charge in [0.25, 0.3) is 5.69 Å². The van der Waals surface area contributed by atoms with E-state index in [0.29, 0.717) is 11.4 Å². The molecule has 3 aromatic carbocycles. The van der Waals surface area contributed by atoms with Crippen LogP contribution in [-0.2, 0) is 0 Å². The summed E-state index contributed by atoms with van der Waals surface area (Å²) < 4.78 is 0. The first-order chi connectivity index (χ1) is 10.6. The van der Waals surface area contributed by atoms with Crippen molar-refractivity contribution in [3.63, 3.8) is 0 Å². The Balaban J connectivity index is 2.04. The van der Waals surface area contributed by atoms with E-state index in [1.165, 1.54) is 18.2 Å². The summed E-state index contributed by atoms with van der Waals surface area (Å²) >= 11 is 0. The molecule has 0 atom stereocenters. The van der Waals surface area contributed by atoms with Crippen LogP contribution in [0.4, 0.5) is 17.1 Å². The number of non-ortho nitro benzene ring substituents is 1. The molecule has 1 N–H and O–H groups in total. The first kappa shape index (κ1) is 13.7. The largest absolute Gasteiger partial charge is 0.506 e. The molecule has 0 amide bonds. The summed E-state index contributed by atoms with van der Waals surface area (Å²) in [6.07, 6.45) is 0. The summed E-state index contributed by atoms with van der Waals surface area (Å²) in [7, 11) is 0. The van der Waals surface area contributed by atoms with Gasteiger partial charge in [0, 0.05) is 17.5 Å². The van der Waals surface area contributed by atoms with Gasteiger partial charge in [0.1, 0.15) is 11.4 Å². The number of hydrogen-bond acceptors (Lipinski definition) is 5. The van der Waals surface area contributed by atoms with Crippen LogP contribution >= 0.6 is 0 Å². The second-order valence-electron chi connectivity index (χ2n) is 4.63. The van der Waals surface area contributed by atoms with Gasteiger partial charge in [-0.3, -0.25) is 10.1 Å². The fraction of sp³-hybridized carbons (Fsp3) is 0. The molecule has 0 unspecified atom stereocenters. The molecule has 0 aromatic heterocycles. The summed E-state index contributed by atoms with van der Waals surface area (Å²) in [5.41, 5.74) is 0.629. The van der Waals surface area contributed by atoms with Gasteiger partial charge in [-0.2, -0.15) is 5.11 Å². The summed E-state index contributed by atoms with van der Waals surface area (Å²) in [5.74, 6) is 0.00730. The van der Waals surface area contributed by atoms with Crippen molar-refractivity contribution >= 4 is 27.8 Å². The third kappa shape index (κ3) is 2.62. The van der Waals surface area contributed by atoms with Gasteiger partial charge in [-0.05, 0) is 17.5 Å². The van der Waals surface area contributed by atoms with Gasteiger partial charge >= 0.3 is 0 Å². The summed E-state index contributed by atoms with van der Waals surface area (Å²) in [4.78, 5) is 10.3. The van der Waals surface area contributed by atoms with Crippen molar-refractivity contribution in [1.82, 2.24) is 0 Å². The minimum Gasteiger partial charge on any atom is -0.506 e. The van der Waals surface area contributed by atoms with E-state index in [0.717, 1.165) is 10.8 Å². The van der Waals surface area contributed by atoms with E-state index in [2.05, 4.69) is 10.2 Å². The van der Waals surface area contributed by atoms with E-state index < -0.39 is 4.92 Å². The Hall–Kier alpha value is -3.28. The minimum absolute atomic E-state index is 0.00730. The summed E-state index contributed by atoms with van der Waals surface area (Å²) in [6.45, 7) is 0. The Kier molecular flexibility index (Phi) is 3.49. The lowest BCUT2D eigenvalue weighted by molar-refractivity contribution is -0.384. The molecule has 22 heavy (non-hydrogen) atoms. The average Bonchev–Trinajstić information content (AvgIpc) is 2.54. The SMILES string of the molecule is O=[N+]([O-])c1cccc(N=Nc2c(O)ccc3ccccc23)c1. The number of benzene rings is 3. The Morgan fingerprint density at radius 2 is 1.77 bits per heavy atom. The Morgan fingerprint density at radius 1 is 0.955 bits per heavy atom. The summed E-state index contributed by atoms with van der Waals surface area (Å²) in [6, 6.07) is 16.7. The van der Waals surface area contributed by atoms with Crippen molar-refractivity contribution in [2.45, 2.75) is 0 Å². The third-order valence-corrected chi connectivity index (χ3v) is 3.19. The maximum Gasteiger partial charge on any atom is 0.271 e. The fourth-order valence-electron chi connectivity index (χ4n) is 2.13. The highest BCUT2D eigenvalue weighted by Crippen LogP contribution is 2.36. The molecule has 0 aliphatic heterocycles. The van der Waals surface area contributed by atoms with E-state index >= 15 is 0 Å². The lowest BCUT2D eigenvalue weighted by Crippen LogP contribution is -1.85. The molecule has 0 saturated carbocycles. The zero-order valence-corrected chi connectivity index (χ0v) is 11.4. The maximum absolute atomic E-state index is 10.7. The van der Waals surface area contributed by atoms with Crippen molar-refractivity contribution in [2.24, 2.45) is 10.2 Å². The van der Waals surface area contributed by atoms with Crippen LogP contribution in [0.5, 0.6) is 5.75 Å². The van der Waals surface area contributed by atoms with E-state index in [1.807, 2.05) is 24.3 Å². The second kappa shape index (κ2) is 5.61. The molecule has 0 aliphatic rings. The van der Waals surface area contributed by atoms with Gasteiger partial charge < -0.3 is 5.11 Å². The number of nitrogens with zero attached hydrogens (tertiary/aromatic N) is 3. The van der Waals surface area contributed by atoms with Crippen LogP contribution in [0.15, 0.2) is 70.9 Å². The highest BCUT2D eigenvalue weighted by atomic mass is 16.6. The molecule has 3 aromatic rings. The molecule has 0 bridgehead atoms.